The zero-order valence-corrected chi connectivity index (χ0v) is 14.6. The first kappa shape index (κ1) is 16.6. The van der Waals surface area contributed by atoms with Gasteiger partial charge < -0.3 is 15.0 Å². The third-order valence-corrected chi connectivity index (χ3v) is 4.19. The lowest BCUT2D eigenvalue weighted by Crippen LogP contribution is -2.25. The van der Waals surface area contributed by atoms with Gasteiger partial charge in [0, 0.05) is 24.8 Å². The Balaban J connectivity index is 1.75. The lowest BCUT2D eigenvalue weighted by molar-refractivity contribution is 0.340. The van der Waals surface area contributed by atoms with Crippen LogP contribution in [0.2, 0.25) is 0 Å². The Kier molecular flexibility index (Phi) is 5.51. The van der Waals surface area contributed by atoms with Crippen LogP contribution in [-0.4, -0.2) is 29.7 Å². The number of aromatic nitrogens is 2. The van der Waals surface area contributed by atoms with Gasteiger partial charge in [-0.05, 0) is 51.0 Å². The Bertz CT molecular complexity index is 649. The summed E-state index contributed by atoms with van der Waals surface area (Å²) in [6.07, 6.45) is 5.12. The Morgan fingerprint density at radius 1 is 1.04 bits per heavy atom. The lowest BCUT2D eigenvalue weighted by atomic mass is 10.2. The average Bonchev–Trinajstić information content (AvgIpc) is 2.86. The molecule has 0 saturated carbocycles. The van der Waals surface area contributed by atoms with Crippen LogP contribution in [-0.2, 0) is 0 Å². The first-order valence-corrected chi connectivity index (χ1v) is 8.85. The van der Waals surface area contributed by atoms with E-state index >= 15 is 0 Å². The van der Waals surface area contributed by atoms with Crippen LogP contribution in [0.1, 0.15) is 38.4 Å². The SMILES string of the molecule is CCOc1ccc(Nc2cc(N3CCCCCC3)nc(C)n2)cc1. The Morgan fingerprint density at radius 2 is 1.75 bits per heavy atom. The van der Waals surface area contributed by atoms with E-state index in [1.54, 1.807) is 0 Å². The van der Waals surface area contributed by atoms with Crippen molar-refractivity contribution in [3.63, 3.8) is 0 Å². The van der Waals surface area contributed by atoms with Gasteiger partial charge in [-0.25, -0.2) is 9.97 Å². The molecule has 0 unspecified atom stereocenters. The second-order valence-electron chi connectivity index (χ2n) is 6.14. The number of hydrogen-bond donors (Lipinski definition) is 1. The largest absolute Gasteiger partial charge is 0.494 e. The molecule has 3 rings (SSSR count). The summed E-state index contributed by atoms with van der Waals surface area (Å²) in [7, 11) is 0. The third-order valence-electron chi connectivity index (χ3n) is 4.19. The molecule has 1 fully saturated rings. The molecule has 0 spiro atoms. The van der Waals surface area contributed by atoms with Crippen molar-refractivity contribution in [1.82, 2.24) is 9.97 Å². The van der Waals surface area contributed by atoms with Crippen LogP contribution in [0.25, 0.3) is 0 Å². The Hall–Kier alpha value is -2.30. The van der Waals surface area contributed by atoms with E-state index in [0.717, 1.165) is 42.0 Å². The van der Waals surface area contributed by atoms with Crippen LogP contribution in [0.3, 0.4) is 0 Å². The van der Waals surface area contributed by atoms with Gasteiger partial charge in [0.25, 0.3) is 0 Å². The van der Waals surface area contributed by atoms with E-state index in [0.29, 0.717) is 6.61 Å². The van der Waals surface area contributed by atoms with E-state index in [4.69, 9.17) is 4.74 Å². The van der Waals surface area contributed by atoms with E-state index in [1.165, 1.54) is 25.7 Å². The average molecular weight is 326 g/mol. The first-order chi connectivity index (χ1) is 11.7. The molecule has 0 atom stereocenters. The smallest absolute Gasteiger partial charge is 0.136 e. The van der Waals surface area contributed by atoms with Crippen LogP contribution < -0.4 is 15.0 Å². The lowest BCUT2D eigenvalue weighted by Gasteiger charge is -2.22. The molecule has 24 heavy (non-hydrogen) atoms. The summed E-state index contributed by atoms with van der Waals surface area (Å²) in [4.78, 5) is 11.5. The highest BCUT2D eigenvalue weighted by Crippen LogP contribution is 2.23. The number of aryl methyl sites for hydroxylation is 1. The normalized spacial score (nSPS) is 15.0. The zero-order chi connectivity index (χ0) is 16.8. The molecule has 0 radical (unpaired) electrons. The van der Waals surface area contributed by atoms with Crippen molar-refractivity contribution >= 4 is 17.3 Å². The molecule has 1 aliphatic heterocycles. The number of hydrogen-bond acceptors (Lipinski definition) is 5. The number of anilines is 3. The van der Waals surface area contributed by atoms with Gasteiger partial charge in [-0.3, -0.25) is 0 Å². The summed E-state index contributed by atoms with van der Waals surface area (Å²) < 4.78 is 5.48. The molecular formula is C19H26N4O. The van der Waals surface area contributed by atoms with Gasteiger partial charge in [-0.1, -0.05) is 12.8 Å². The van der Waals surface area contributed by atoms with Crippen molar-refractivity contribution in [2.75, 3.05) is 29.9 Å². The minimum Gasteiger partial charge on any atom is -0.494 e. The monoisotopic (exact) mass is 326 g/mol. The molecule has 1 aliphatic rings. The van der Waals surface area contributed by atoms with Crippen LogP contribution in [0.4, 0.5) is 17.3 Å². The summed E-state index contributed by atoms with van der Waals surface area (Å²) in [6.45, 7) is 6.78. The molecule has 0 aliphatic carbocycles. The summed E-state index contributed by atoms with van der Waals surface area (Å²) in [5.41, 5.74) is 0.998. The fraction of sp³-hybridized carbons (Fsp3) is 0.474. The molecule has 1 N–H and O–H groups in total. The first-order valence-electron chi connectivity index (χ1n) is 8.85. The van der Waals surface area contributed by atoms with Crippen LogP contribution in [0.15, 0.2) is 30.3 Å². The van der Waals surface area contributed by atoms with Crippen molar-refractivity contribution < 1.29 is 4.74 Å². The van der Waals surface area contributed by atoms with Gasteiger partial charge in [0.1, 0.15) is 23.2 Å². The van der Waals surface area contributed by atoms with Gasteiger partial charge in [-0.15, -0.1) is 0 Å². The van der Waals surface area contributed by atoms with Gasteiger partial charge in [0.05, 0.1) is 6.61 Å². The summed E-state index contributed by atoms with van der Waals surface area (Å²) in [5, 5.41) is 3.38. The molecular weight excluding hydrogens is 300 g/mol. The van der Waals surface area contributed by atoms with Gasteiger partial charge in [0.2, 0.25) is 0 Å². The Labute approximate surface area is 144 Å². The van der Waals surface area contributed by atoms with E-state index < -0.39 is 0 Å². The zero-order valence-electron chi connectivity index (χ0n) is 14.6. The fourth-order valence-corrected chi connectivity index (χ4v) is 3.03. The minimum absolute atomic E-state index is 0.678. The number of rotatable bonds is 5. The molecule has 0 bridgehead atoms. The molecule has 2 heterocycles. The van der Waals surface area contributed by atoms with Crippen molar-refractivity contribution in [2.45, 2.75) is 39.5 Å². The van der Waals surface area contributed by atoms with Gasteiger partial charge >= 0.3 is 0 Å². The molecule has 0 amide bonds. The highest BCUT2D eigenvalue weighted by atomic mass is 16.5. The maximum absolute atomic E-state index is 5.48. The molecule has 1 saturated heterocycles. The van der Waals surface area contributed by atoms with Crippen LogP contribution >= 0.6 is 0 Å². The molecule has 5 heteroatoms. The second kappa shape index (κ2) is 7.99. The van der Waals surface area contributed by atoms with Gasteiger partial charge in [0.15, 0.2) is 0 Å². The standard InChI is InChI=1S/C19H26N4O/c1-3-24-17-10-8-16(9-11-17)22-18-14-19(21-15(2)20-18)23-12-6-4-5-7-13-23/h8-11,14H,3-7,12-13H2,1-2H3,(H,20,21,22). The number of ether oxygens (including phenoxy) is 1. The van der Waals surface area contributed by atoms with Crippen molar-refractivity contribution in [3.05, 3.63) is 36.2 Å². The topological polar surface area (TPSA) is 50.3 Å². The predicted octanol–water partition coefficient (Wildman–Crippen LogP) is 4.31. The summed E-state index contributed by atoms with van der Waals surface area (Å²) in [6, 6.07) is 10.0. The van der Waals surface area contributed by atoms with Crippen molar-refractivity contribution in [3.8, 4) is 5.75 Å². The van der Waals surface area contributed by atoms with E-state index in [1.807, 2.05) is 38.1 Å². The molecule has 5 nitrogen and oxygen atoms in total. The van der Waals surface area contributed by atoms with Crippen molar-refractivity contribution in [2.24, 2.45) is 0 Å². The van der Waals surface area contributed by atoms with Gasteiger partial charge in [-0.2, -0.15) is 0 Å². The molecule has 128 valence electrons. The molecule has 1 aromatic heterocycles. The van der Waals surface area contributed by atoms with Crippen LogP contribution in [0.5, 0.6) is 5.75 Å². The number of benzene rings is 1. The van der Waals surface area contributed by atoms with Crippen LogP contribution in [0, 0.1) is 6.92 Å². The number of nitrogens with zero attached hydrogens (tertiary/aromatic N) is 3. The van der Waals surface area contributed by atoms with E-state index in [9.17, 15) is 0 Å². The summed E-state index contributed by atoms with van der Waals surface area (Å²) in [5.74, 6) is 3.54. The highest BCUT2D eigenvalue weighted by Gasteiger charge is 2.13. The number of nitrogens with one attached hydrogen (secondary N) is 1. The molecule has 2 aromatic rings. The quantitative estimate of drug-likeness (QED) is 0.887. The Morgan fingerprint density at radius 3 is 2.42 bits per heavy atom. The molecule has 1 aromatic carbocycles. The second-order valence-corrected chi connectivity index (χ2v) is 6.14. The third kappa shape index (κ3) is 4.37. The predicted molar refractivity (Wildman–Crippen MR) is 98.3 cm³/mol. The maximum Gasteiger partial charge on any atom is 0.136 e. The van der Waals surface area contributed by atoms with E-state index in [-0.39, 0.29) is 0 Å². The minimum atomic E-state index is 0.678. The van der Waals surface area contributed by atoms with E-state index in [2.05, 4.69) is 26.3 Å². The fourth-order valence-electron chi connectivity index (χ4n) is 3.03. The summed E-state index contributed by atoms with van der Waals surface area (Å²) >= 11 is 0. The van der Waals surface area contributed by atoms with Crippen molar-refractivity contribution in [1.29, 1.82) is 0 Å². The maximum atomic E-state index is 5.48. The highest BCUT2D eigenvalue weighted by molar-refractivity contribution is 5.60.